The molecule has 0 saturated carbocycles. The summed E-state index contributed by atoms with van der Waals surface area (Å²) in [6.45, 7) is 0. The summed E-state index contributed by atoms with van der Waals surface area (Å²) in [4.78, 5) is 0. The Hall–Kier alpha value is -4.40. The van der Waals surface area contributed by atoms with Crippen molar-refractivity contribution < 1.29 is 0 Å². The van der Waals surface area contributed by atoms with E-state index >= 15 is 0 Å². The number of rotatable bonds is 4. The molecule has 1 aromatic heterocycles. The summed E-state index contributed by atoms with van der Waals surface area (Å²) >= 11 is 1.87. The number of hydrogen-bond donors (Lipinski definition) is 1. The summed E-state index contributed by atoms with van der Waals surface area (Å²) in [6, 6.07) is 47.7. The quantitative estimate of drug-likeness (QED) is 0.266. The van der Waals surface area contributed by atoms with Gasteiger partial charge in [0.05, 0.1) is 10.4 Å². The molecule has 0 atom stereocenters. The standard InChI is InChI=1S/C34H23NS/c1-2-7-23(8-3-1)24-13-15-25(16-14-24)26-17-20-28(21-18-26)35-32-12-6-11-30-31-22-19-27-9-4-5-10-29(27)33(31)36-34(30)32/h1-22,35H. The molecule has 1 N–H and O–H groups in total. The second kappa shape index (κ2) is 8.67. The summed E-state index contributed by atoms with van der Waals surface area (Å²) in [5.74, 6) is 0. The lowest BCUT2D eigenvalue weighted by Crippen LogP contribution is -1.90. The van der Waals surface area contributed by atoms with Gasteiger partial charge in [-0.05, 0) is 51.2 Å². The van der Waals surface area contributed by atoms with Crippen LogP contribution in [-0.2, 0) is 0 Å². The van der Waals surface area contributed by atoms with E-state index in [1.54, 1.807) is 0 Å². The van der Waals surface area contributed by atoms with Crippen molar-refractivity contribution in [3.8, 4) is 22.3 Å². The number of hydrogen-bond acceptors (Lipinski definition) is 2. The zero-order valence-electron chi connectivity index (χ0n) is 19.6. The summed E-state index contributed by atoms with van der Waals surface area (Å²) in [6.07, 6.45) is 0. The summed E-state index contributed by atoms with van der Waals surface area (Å²) in [5, 5.41) is 8.92. The van der Waals surface area contributed by atoms with Crippen LogP contribution in [0.25, 0.3) is 53.2 Å². The minimum absolute atomic E-state index is 1.09. The Morgan fingerprint density at radius 1 is 0.389 bits per heavy atom. The number of nitrogens with one attached hydrogen (secondary N) is 1. The van der Waals surface area contributed by atoms with Crippen LogP contribution in [0.5, 0.6) is 0 Å². The lowest BCUT2D eigenvalue weighted by Gasteiger charge is -2.09. The van der Waals surface area contributed by atoms with Crippen LogP contribution < -0.4 is 5.32 Å². The first kappa shape index (κ1) is 20.9. The summed E-state index contributed by atoms with van der Waals surface area (Å²) < 4.78 is 2.65. The van der Waals surface area contributed by atoms with Gasteiger partial charge in [0.15, 0.2) is 0 Å². The fourth-order valence-electron chi connectivity index (χ4n) is 5.01. The summed E-state index contributed by atoms with van der Waals surface area (Å²) in [5.41, 5.74) is 7.16. The number of fused-ring (bicyclic) bond motifs is 5. The molecule has 0 spiro atoms. The van der Waals surface area contributed by atoms with Crippen molar-refractivity contribution in [2.24, 2.45) is 0 Å². The molecule has 2 heteroatoms. The monoisotopic (exact) mass is 477 g/mol. The van der Waals surface area contributed by atoms with Gasteiger partial charge in [-0.2, -0.15) is 0 Å². The van der Waals surface area contributed by atoms with Crippen molar-refractivity contribution in [2.75, 3.05) is 5.32 Å². The highest BCUT2D eigenvalue weighted by molar-refractivity contribution is 7.27. The Labute approximate surface area is 214 Å². The van der Waals surface area contributed by atoms with Gasteiger partial charge >= 0.3 is 0 Å². The zero-order valence-corrected chi connectivity index (χ0v) is 20.4. The Morgan fingerprint density at radius 2 is 0.972 bits per heavy atom. The normalized spacial score (nSPS) is 11.3. The van der Waals surface area contributed by atoms with Crippen molar-refractivity contribution >= 4 is 53.7 Å². The van der Waals surface area contributed by atoms with Gasteiger partial charge in [0.25, 0.3) is 0 Å². The van der Waals surface area contributed by atoms with Crippen molar-refractivity contribution in [1.82, 2.24) is 0 Å². The maximum Gasteiger partial charge on any atom is 0.0590 e. The van der Waals surface area contributed by atoms with Gasteiger partial charge in [-0.3, -0.25) is 0 Å². The molecule has 0 aliphatic rings. The largest absolute Gasteiger partial charge is 0.354 e. The molecule has 170 valence electrons. The highest BCUT2D eigenvalue weighted by atomic mass is 32.1. The van der Waals surface area contributed by atoms with Crippen LogP contribution >= 0.6 is 11.3 Å². The second-order valence-electron chi connectivity index (χ2n) is 9.09. The van der Waals surface area contributed by atoms with E-state index in [-0.39, 0.29) is 0 Å². The van der Waals surface area contributed by atoms with E-state index in [0.717, 1.165) is 11.4 Å². The maximum absolute atomic E-state index is 3.68. The van der Waals surface area contributed by atoms with Gasteiger partial charge in [-0.25, -0.2) is 0 Å². The predicted molar refractivity (Wildman–Crippen MR) is 157 cm³/mol. The van der Waals surface area contributed by atoms with Crippen molar-refractivity contribution in [2.45, 2.75) is 0 Å². The molecule has 0 aliphatic heterocycles. The average Bonchev–Trinajstić information content (AvgIpc) is 3.34. The predicted octanol–water partition coefficient (Wildman–Crippen LogP) is 10.3. The van der Waals surface area contributed by atoms with Gasteiger partial charge < -0.3 is 5.32 Å². The third-order valence-electron chi connectivity index (χ3n) is 6.88. The molecular weight excluding hydrogens is 454 g/mol. The van der Waals surface area contributed by atoms with Gasteiger partial charge in [-0.1, -0.05) is 115 Å². The van der Waals surface area contributed by atoms with E-state index in [1.165, 1.54) is 53.2 Å². The molecule has 7 aromatic rings. The van der Waals surface area contributed by atoms with Gasteiger partial charge in [-0.15, -0.1) is 11.3 Å². The SMILES string of the molecule is c1ccc(-c2ccc(-c3ccc(Nc4cccc5c4sc4c6ccccc6ccc54)cc3)cc2)cc1. The minimum Gasteiger partial charge on any atom is -0.354 e. The van der Waals surface area contributed by atoms with E-state index in [9.17, 15) is 0 Å². The first-order valence-corrected chi connectivity index (χ1v) is 13.0. The fraction of sp³-hybridized carbons (Fsp3) is 0. The number of benzene rings is 6. The molecule has 0 unspecified atom stereocenters. The van der Waals surface area contributed by atoms with Gasteiger partial charge in [0.2, 0.25) is 0 Å². The highest BCUT2D eigenvalue weighted by Gasteiger charge is 2.11. The molecule has 7 rings (SSSR count). The first-order chi connectivity index (χ1) is 17.8. The Bertz CT molecular complexity index is 1830. The summed E-state index contributed by atoms with van der Waals surface area (Å²) in [7, 11) is 0. The Morgan fingerprint density at radius 3 is 1.72 bits per heavy atom. The Balaban J connectivity index is 1.19. The van der Waals surface area contributed by atoms with Crippen LogP contribution in [0.2, 0.25) is 0 Å². The lowest BCUT2D eigenvalue weighted by molar-refractivity contribution is 1.56. The highest BCUT2D eigenvalue weighted by Crippen LogP contribution is 2.42. The molecule has 6 aromatic carbocycles. The molecule has 0 radical (unpaired) electrons. The van der Waals surface area contributed by atoms with Crippen molar-refractivity contribution in [3.63, 3.8) is 0 Å². The molecule has 1 heterocycles. The molecule has 0 fully saturated rings. The minimum atomic E-state index is 1.09. The molecule has 0 aliphatic carbocycles. The maximum atomic E-state index is 3.68. The first-order valence-electron chi connectivity index (χ1n) is 12.2. The van der Waals surface area contributed by atoms with Crippen LogP contribution in [0.1, 0.15) is 0 Å². The second-order valence-corrected chi connectivity index (χ2v) is 10.1. The molecule has 36 heavy (non-hydrogen) atoms. The number of thiophene rings is 1. The molecule has 0 saturated heterocycles. The Kier molecular flexibility index (Phi) is 5.04. The van der Waals surface area contributed by atoms with Crippen LogP contribution in [-0.4, -0.2) is 0 Å². The average molecular weight is 478 g/mol. The molecule has 0 bridgehead atoms. The fourth-order valence-corrected chi connectivity index (χ4v) is 6.32. The van der Waals surface area contributed by atoms with E-state index in [4.69, 9.17) is 0 Å². The third kappa shape index (κ3) is 3.64. The van der Waals surface area contributed by atoms with Crippen LogP contribution in [0, 0.1) is 0 Å². The van der Waals surface area contributed by atoms with Crippen LogP contribution in [0.4, 0.5) is 11.4 Å². The molecular formula is C34H23NS. The van der Waals surface area contributed by atoms with Crippen LogP contribution in [0.15, 0.2) is 133 Å². The van der Waals surface area contributed by atoms with Crippen molar-refractivity contribution in [3.05, 3.63) is 133 Å². The van der Waals surface area contributed by atoms with E-state index in [2.05, 4.69) is 139 Å². The van der Waals surface area contributed by atoms with Crippen LogP contribution in [0.3, 0.4) is 0 Å². The molecule has 0 amide bonds. The topological polar surface area (TPSA) is 12.0 Å². The van der Waals surface area contributed by atoms with Gasteiger partial charge in [0.1, 0.15) is 0 Å². The molecule has 1 nitrogen and oxygen atoms in total. The zero-order chi connectivity index (χ0) is 23.9. The van der Waals surface area contributed by atoms with E-state index in [1.807, 2.05) is 11.3 Å². The van der Waals surface area contributed by atoms with Crippen molar-refractivity contribution in [1.29, 1.82) is 0 Å². The van der Waals surface area contributed by atoms with Gasteiger partial charge in [0, 0.05) is 21.2 Å². The van der Waals surface area contributed by atoms with E-state index in [0.29, 0.717) is 0 Å². The third-order valence-corrected chi connectivity index (χ3v) is 8.17. The lowest BCUT2D eigenvalue weighted by atomic mass is 10.0. The number of anilines is 2. The smallest absolute Gasteiger partial charge is 0.0590 e. The van der Waals surface area contributed by atoms with E-state index < -0.39 is 0 Å².